The molecule has 0 bridgehead atoms. The van der Waals surface area contributed by atoms with E-state index in [1.54, 1.807) is 0 Å². The molecule has 3 nitrogen and oxygen atoms in total. The summed E-state index contributed by atoms with van der Waals surface area (Å²) in [6.45, 7) is 7.88. The molecule has 0 aliphatic carbocycles. The maximum Gasteiger partial charge on any atom is 0.121 e. The fraction of sp³-hybridized carbons (Fsp3) is 0.455. The number of unbranched alkanes of at least 4 members (excludes halogenated alkanes) is 3. The van der Waals surface area contributed by atoms with Gasteiger partial charge in [-0.1, -0.05) is 44.4 Å². The van der Waals surface area contributed by atoms with E-state index in [-0.39, 0.29) is 6.10 Å². The van der Waals surface area contributed by atoms with Gasteiger partial charge >= 0.3 is 0 Å². The van der Waals surface area contributed by atoms with Crippen LogP contribution >= 0.6 is 0 Å². The molecule has 136 valence electrons. The normalized spacial score (nSPS) is 10.7. The van der Waals surface area contributed by atoms with Gasteiger partial charge in [0.25, 0.3) is 0 Å². The van der Waals surface area contributed by atoms with Crippen molar-refractivity contribution in [3.63, 3.8) is 0 Å². The van der Waals surface area contributed by atoms with E-state index in [2.05, 4.69) is 42.6 Å². The smallest absolute Gasteiger partial charge is 0.121 e. The molecular weight excluding hydrogens is 310 g/mol. The molecule has 0 aromatic heterocycles. The third-order valence-corrected chi connectivity index (χ3v) is 3.89. The lowest BCUT2D eigenvalue weighted by atomic mass is 10.2. The van der Waals surface area contributed by atoms with E-state index in [0.717, 1.165) is 36.8 Å². The van der Waals surface area contributed by atoms with Crippen LogP contribution in [0.5, 0.6) is 11.5 Å². The molecule has 0 saturated carbocycles. The third-order valence-electron chi connectivity index (χ3n) is 3.89. The van der Waals surface area contributed by atoms with Gasteiger partial charge in [-0.3, -0.25) is 0 Å². The van der Waals surface area contributed by atoms with Gasteiger partial charge in [-0.15, -0.1) is 0 Å². The standard InChI is InChI=1S/C22H31NO2/c1-4-5-6-7-15-24-21-13-11-19(12-14-21)17-23-20-9-8-10-22(16-20)25-18(2)3/h8-14,16,18,23H,4-7,15,17H2,1-3H3. The second-order valence-electron chi connectivity index (χ2n) is 6.60. The van der Waals surface area contributed by atoms with E-state index in [4.69, 9.17) is 9.47 Å². The lowest BCUT2D eigenvalue weighted by Gasteiger charge is -2.12. The molecule has 0 heterocycles. The Morgan fingerprint density at radius 3 is 2.44 bits per heavy atom. The highest BCUT2D eigenvalue weighted by Crippen LogP contribution is 2.20. The van der Waals surface area contributed by atoms with Gasteiger partial charge in [0, 0.05) is 18.3 Å². The van der Waals surface area contributed by atoms with Gasteiger partial charge in [-0.05, 0) is 50.1 Å². The van der Waals surface area contributed by atoms with Crippen molar-refractivity contribution in [1.82, 2.24) is 0 Å². The Morgan fingerprint density at radius 1 is 0.920 bits per heavy atom. The van der Waals surface area contributed by atoms with Gasteiger partial charge < -0.3 is 14.8 Å². The molecule has 0 spiro atoms. The predicted octanol–water partition coefficient (Wildman–Crippen LogP) is 6.05. The van der Waals surface area contributed by atoms with Crippen LogP contribution in [0.25, 0.3) is 0 Å². The van der Waals surface area contributed by atoms with Crippen LogP contribution in [-0.2, 0) is 6.54 Å². The lowest BCUT2D eigenvalue weighted by molar-refractivity contribution is 0.242. The minimum Gasteiger partial charge on any atom is -0.494 e. The molecule has 0 amide bonds. The maximum absolute atomic E-state index is 5.79. The van der Waals surface area contributed by atoms with Gasteiger partial charge in [0.05, 0.1) is 12.7 Å². The van der Waals surface area contributed by atoms with Crippen molar-refractivity contribution in [1.29, 1.82) is 0 Å². The highest BCUT2D eigenvalue weighted by molar-refractivity contribution is 5.48. The minimum atomic E-state index is 0.185. The van der Waals surface area contributed by atoms with Crippen molar-refractivity contribution in [2.75, 3.05) is 11.9 Å². The summed E-state index contributed by atoms with van der Waals surface area (Å²) in [6, 6.07) is 16.4. The van der Waals surface area contributed by atoms with Crippen molar-refractivity contribution in [3.05, 3.63) is 54.1 Å². The van der Waals surface area contributed by atoms with Gasteiger partial charge in [0.2, 0.25) is 0 Å². The van der Waals surface area contributed by atoms with E-state index in [9.17, 15) is 0 Å². The summed E-state index contributed by atoms with van der Waals surface area (Å²) in [5.41, 5.74) is 2.29. The molecule has 0 aliphatic heterocycles. The zero-order valence-electron chi connectivity index (χ0n) is 15.8. The van der Waals surface area contributed by atoms with Crippen LogP contribution in [0.3, 0.4) is 0 Å². The number of ether oxygens (including phenoxy) is 2. The Morgan fingerprint density at radius 2 is 1.72 bits per heavy atom. The number of benzene rings is 2. The molecule has 3 heteroatoms. The average molecular weight is 341 g/mol. The quantitative estimate of drug-likeness (QED) is 0.505. The second kappa shape index (κ2) is 10.7. The second-order valence-corrected chi connectivity index (χ2v) is 6.60. The fourth-order valence-corrected chi connectivity index (χ4v) is 2.58. The molecule has 25 heavy (non-hydrogen) atoms. The number of hydrogen-bond donors (Lipinski definition) is 1. The van der Waals surface area contributed by atoms with Crippen LogP contribution in [0, 0.1) is 0 Å². The zero-order valence-corrected chi connectivity index (χ0v) is 15.8. The molecule has 0 saturated heterocycles. The van der Waals surface area contributed by atoms with E-state index >= 15 is 0 Å². The zero-order chi connectivity index (χ0) is 17.9. The van der Waals surface area contributed by atoms with Crippen LogP contribution in [0.1, 0.15) is 52.0 Å². The first kappa shape index (κ1) is 19.2. The molecular formula is C22H31NO2. The molecule has 0 aliphatic rings. The summed E-state index contributed by atoms with van der Waals surface area (Å²) in [4.78, 5) is 0. The Kier molecular flexibility index (Phi) is 8.17. The number of hydrogen-bond acceptors (Lipinski definition) is 3. The largest absolute Gasteiger partial charge is 0.494 e. The van der Waals surface area contributed by atoms with Crippen molar-refractivity contribution in [2.24, 2.45) is 0 Å². The summed E-state index contributed by atoms with van der Waals surface area (Å²) in [5, 5.41) is 3.44. The van der Waals surface area contributed by atoms with Crippen molar-refractivity contribution >= 4 is 5.69 Å². The van der Waals surface area contributed by atoms with Gasteiger partial charge in [0.1, 0.15) is 11.5 Å². The number of nitrogens with one attached hydrogen (secondary N) is 1. The summed E-state index contributed by atoms with van der Waals surface area (Å²) in [7, 11) is 0. The third kappa shape index (κ3) is 7.51. The van der Waals surface area contributed by atoms with E-state index in [1.165, 1.54) is 24.8 Å². The summed E-state index contributed by atoms with van der Waals surface area (Å²) < 4.78 is 11.5. The average Bonchev–Trinajstić information content (AvgIpc) is 2.60. The Bertz CT molecular complexity index is 608. The van der Waals surface area contributed by atoms with E-state index < -0.39 is 0 Å². The molecule has 0 unspecified atom stereocenters. The van der Waals surface area contributed by atoms with Crippen LogP contribution in [-0.4, -0.2) is 12.7 Å². The van der Waals surface area contributed by atoms with Crippen molar-refractivity contribution in [2.45, 2.75) is 59.1 Å². The monoisotopic (exact) mass is 341 g/mol. The molecule has 0 radical (unpaired) electrons. The first-order valence-corrected chi connectivity index (χ1v) is 9.39. The number of anilines is 1. The summed E-state index contributed by atoms with van der Waals surface area (Å²) in [5.74, 6) is 1.85. The van der Waals surface area contributed by atoms with Gasteiger partial charge in [-0.25, -0.2) is 0 Å². The molecule has 0 fully saturated rings. The fourth-order valence-electron chi connectivity index (χ4n) is 2.58. The maximum atomic E-state index is 5.79. The molecule has 0 atom stereocenters. The summed E-state index contributed by atoms with van der Waals surface area (Å²) >= 11 is 0. The number of rotatable bonds is 11. The van der Waals surface area contributed by atoms with Crippen LogP contribution in [0.2, 0.25) is 0 Å². The predicted molar refractivity (Wildman–Crippen MR) is 106 cm³/mol. The first-order chi connectivity index (χ1) is 12.2. The topological polar surface area (TPSA) is 30.5 Å². The highest BCUT2D eigenvalue weighted by Gasteiger charge is 2.00. The molecule has 2 rings (SSSR count). The van der Waals surface area contributed by atoms with Crippen molar-refractivity contribution < 1.29 is 9.47 Å². The summed E-state index contributed by atoms with van der Waals surface area (Å²) in [6.07, 6.45) is 5.11. The minimum absolute atomic E-state index is 0.185. The van der Waals surface area contributed by atoms with Crippen molar-refractivity contribution in [3.8, 4) is 11.5 Å². The Hall–Kier alpha value is -2.16. The molecule has 2 aromatic carbocycles. The Balaban J connectivity index is 1.77. The van der Waals surface area contributed by atoms with Gasteiger partial charge in [-0.2, -0.15) is 0 Å². The molecule has 2 aromatic rings. The highest BCUT2D eigenvalue weighted by atomic mass is 16.5. The lowest BCUT2D eigenvalue weighted by Crippen LogP contribution is -2.06. The van der Waals surface area contributed by atoms with Crippen LogP contribution < -0.4 is 14.8 Å². The van der Waals surface area contributed by atoms with E-state index in [0.29, 0.717) is 0 Å². The van der Waals surface area contributed by atoms with Crippen LogP contribution in [0.4, 0.5) is 5.69 Å². The Labute approximate surface area is 152 Å². The molecule has 1 N–H and O–H groups in total. The van der Waals surface area contributed by atoms with Gasteiger partial charge in [0.15, 0.2) is 0 Å². The first-order valence-electron chi connectivity index (χ1n) is 9.39. The SMILES string of the molecule is CCCCCCOc1ccc(CNc2cccc(OC(C)C)c2)cc1. The van der Waals surface area contributed by atoms with E-state index in [1.807, 2.05) is 32.0 Å². The van der Waals surface area contributed by atoms with Crippen LogP contribution in [0.15, 0.2) is 48.5 Å².